The topological polar surface area (TPSA) is 62.2 Å². The van der Waals surface area contributed by atoms with Gasteiger partial charge in [0.15, 0.2) is 12.6 Å². The molecule has 2 fully saturated rings. The van der Waals surface area contributed by atoms with Crippen LogP contribution in [0.2, 0.25) is 0 Å². The molecule has 0 amide bonds. The van der Waals surface area contributed by atoms with Crippen LogP contribution in [0.25, 0.3) is 0 Å². The summed E-state index contributed by atoms with van der Waals surface area (Å²) in [6.45, 7) is 4.10. The number of morpholine rings is 1. The lowest BCUT2D eigenvalue weighted by Gasteiger charge is -2.32. The molecule has 0 saturated carbocycles. The number of pyridine rings is 1. The SMILES string of the molecule is CN=C(NCc1cccnc1OCC(F)(F)F)N1CCC(N2CCOCC2)C1.I. The molecule has 0 spiro atoms. The molecule has 3 heterocycles. The minimum absolute atomic E-state index is 0. The molecule has 3 rings (SSSR count). The highest BCUT2D eigenvalue weighted by Crippen LogP contribution is 2.21. The summed E-state index contributed by atoms with van der Waals surface area (Å²) < 4.78 is 47.5. The van der Waals surface area contributed by atoms with Crippen molar-refractivity contribution in [1.29, 1.82) is 0 Å². The second kappa shape index (κ2) is 11.2. The van der Waals surface area contributed by atoms with Gasteiger partial charge in [-0.1, -0.05) is 6.07 Å². The van der Waals surface area contributed by atoms with Crippen molar-refractivity contribution in [2.45, 2.75) is 25.2 Å². The van der Waals surface area contributed by atoms with Crippen molar-refractivity contribution in [2.75, 3.05) is 53.0 Å². The molecule has 2 aliphatic heterocycles. The molecule has 1 atom stereocenters. The molecule has 0 aromatic carbocycles. The Labute approximate surface area is 185 Å². The first kappa shape index (κ1) is 23.9. The summed E-state index contributed by atoms with van der Waals surface area (Å²) in [6.07, 6.45) is -1.94. The fourth-order valence-electron chi connectivity index (χ4n) is 3.52. The Kier molecular flexibility index (Phi) is 9.21. The van der Waals surface area contributed by atoms with Gasteiger partial charge in [0.1, 0.15) is 0 Å². The Bertz CT molecular complexity index is 671. The molecular weight excluding hydrogens is 502 g/mol. The average molecular weight is 529 g/mol. The predicted molar refractivity (Wildman–Crippen MR) is 114 cm³/mol. The fourth-order valence-corrected chi connectivity index (χ4v) is 3.52. The largest absolute Gasteiger partial charge is 0.468 e. The highest BCUT2D eigenvalue weighted by Gasteiger charge is 2.31. The number of rotatable bonds is 5. The summed E-state index contributed by atoms with van der Waals surface area (Å²) in [5.41, 5.74) is 0.553. The number of nitrogens with one attached hydrogen (secondary N) is 1. The van der Waals surface area contributed by atoms with Gasteiger partial charge in [-0.3, -0.25) is 9.89 Å². The molecule has 7 nitrogen and oxygen atoms in total. The van der Waals surface area contributed by atoms with Gasteiger partial charge >= 0.3 is 6.18 Å². The number of likely N-dealkylation sites (tertiary alicyclic amines) is 1. The number of nitrogens with zero attached hydrogens (tertiary/aromatic N) is 4. The summed E-state index contributed by atoms with van der Waals surface area (Å²) in [6, 6.07) is 3.83. The maximum atomic E-state index is 12.4. The number of guanidine groups is 1. The maximum absolute atomic E-state index is 12.4. The molecule has 1 unspecified atom stereocenters. The highest BCUT2D eigenvalue weighted by atomic mass is 127. The Morgan fingerprint density at radius 2 is 2.10 bits per heavy atom. The van der Waals surface area contributed by atoms with E-state index in [0.29, 0.717) is 11.6 Å². The molecule has 1 aromatic heterocycles. The Morgan fingerprint density at radius 1 is 1.34 bits per heavy atom. The Morgan fingerprint density at radius 3 is 2.79 bits per heavy atom. The van der Waals surface area contributed by atoms with E-state index in [1.54, 1.807) is 19.2 Å². The van der Waals surface area contributed by atoms with Crippen LogP contribution in [-0.2, 0) is 11.3 Å². The number of hydrogen-bond acceptors (Lipinski definition) is 5. The van der Waals surface area contributed by atoms with E-state index in [1.165, 1.54) is 6.20 Å². The number of hydrogen-bond donors (Lipinski definition) is 1. The molecule has 0 bridgehead atoms. The number of ether oxygens (including phenoxy) is 2. The molecule has 11 heteroatoms. The molecule has 2 saturated heterocycles. The molecule has 29 heavy (non-hydrogen) atoms. The zero-order valence-corrected chi connectivity index (χ0v) is 18.7. The summed E-state index contributed by atoms with van der Waals surface area (Å²) in [5, 5.41) is 3.22. The highest BCUT2D eigenvalue weighted by molar-refractivity contribution is 14.0. The number of aliphatic imine (C=N–C) groups is 1. The van der Waals surface area contributed by atoms with Crippen LogP contribution in [0.1, 0.15) is 12.0 Å². The van der Waals surface area contributed by atoms with Crippen LogP contribution in [0.15, 0.2) is 23.3 Å². The van der Waals surface area contributed by atoms with Crippen molar-refractivity contribution in [1.82, 2.24) is 20.1 Å². The van der Waals surface area contributed by atoms with Crippen LogP contribution in [0, 0.1) is 0 Å². The van der Waals surface area contributed by atoms with Crippen molar-refractivity contribution in [2.24, 2.45) is 4.99 Å². The third-order valence-corrected chi connectivity index (χ3v) is 4.90. The van der Waals surface area contributed by atoms with Gasteiger partial charge in [-0.15, -0.1) is 24.0 Å². The fraction of sp³-hybridized carbons (Fsp3) is 0.667. The molecule has 0 radical (unpaired) electrons. The molecule has 1 aromatic rings. The predicted octanol–water partition coefficient (Wildman–Crippen LogP) is 2.12. The molecular formula is C18H27F3IN5O2. The Balaban J connectivity index is 0.00000300. The third-order valence-electron chi connectivity index (χ3n) is 4.90. The first-order valence-electron chi connectivity index (χ1n) is 9.37. The lowest BCUT2D eigenvalue weighted by atomic mass is 10.2. The van der Waals surface area contributed by atoms with Gasteiger partial charge in [0.2, 0.25) is 5.88 Å². The lowest BCUT2D eigenvalue weighted by Crippen LogP contribution is -2.46. The number of halogens is 4. The van der Waals surface area contributed by atoms with E-state index in [-0.39, 0.29) is 36.4 Å². The standard InChI is InChI=1S/C18H26F3N5O2.HI/c1-22-17(26-6-4-15(12-26)25-7-9-27-10-8-25)24-11-14-3-2-5-23-16(14)28-13-18(19,20)21;/h2-3,5,15H,4,6-13H2,1H3,(H,22,24);1H. The summed E-state index contributed by atoms with van der Waals surface area (Å²) >= 11 is 0. The van der Waals surface area contributed by atoms with Gasteiger partial charge in [-0.25, -0.2) is 4.98 Å². The van der Waals surface area contributed by atoms with Crippen molar-refractivity contribution >= 4 is 29.9 Å². The lowest BCUT2D eigenvalue weighted by molar-refractivity contribution is -0.154. The van der Waals surface area contributed by atoms with E-state index < -0.39 is 12.8 Å². The van der Waals surface area contributed by atoms with E-state index in [0.717, 1.165) is 51.8 Å². The smallest absolute Gasteiger partial charge is 0.422 e. The van der Waals surface area contributed by atoms with Crippen molar-refractivity contribution in [3.8, 4) is 5.88 Å². The van der Waals surface area contributed by atoms with Gasteiger partial charge in [0.25, 0.3) is 0 Å². The second-order valence-electron chi connectivity index (χ2n) is 6.81. The summed E-state index contributed by atoms with van der Waals surface area (Å²) in [7, 11) is 1.70. The maximum Gasteiger partial charge on any atom is 0.422 e. The van der Waals surface area contributed by atoms with Gasteiger partial charge in [-0.2, -0.15) is 13.2 Å². The van der Waals surface area contributed by atoms with Crippen molar-refractivity contribution < 1.29 is 22.6 Å². The van der Waals surface area contributed by atoms with Gasteiger partial charge in [-0.05, 0) is 12.5 Å². The molecule has 1 N–H and O–H groups in total. The van der Waals surface area contributed by atoms with Crippen molar-refractivity contribution in [3.05, 3.63) is 23.9 Å². The second-order valence-corrected chi connectivity index (χ2v) is 6.81. The zero-order chi connectivity index (χ0) is 20.0. The first-order valence-corrected chi connectivity index (χ1v) is 9.37. The summed E-state index contributed by atoms with van der Waals surface area (Å²) in [5.74, 6) is 0.705. The third kappa shape index (κ3) is 7.14. The van der Waals surface area contributed by atoms with Gasteiger partial charge < -0.3 is 19.7 Å². The molecule has 2 aliphatic rings. The van der Waals surface area contributed by atoms with Gasteiger partial charge in [0.05, 0.1) is 13.2 Å². The van der Waals surface area contributed by atoms with E-state index in [9.17, 15) is 13.2 Å². The van der Waals surface area contributed by atoms with E-state index >= 15 is 0 Å². The van der Waals surface area contributed by atoms with Crippen LogP contribution in [-0.4, -0.2) is 86.0 Å². The molecule has 0 aliphatic carbocycles. The Hall–Kier alpha value is -1.34. The minimum Gasteiger partial charge on any atom is -0.468 e. The number of alkyl halides is 3. The van der Waals surface area contributed by atoms with E-state index in [4.69, 9.17) is 9.47 Å². The van der Waals surface area contributed by atoms with Crippen LogP contribution in [0.3, 0.4) is 0 Å². The number of aromatic nitrogens is 1. The quantitative estimate of drug-likeness (QED) is 0.359. The van der Waals surface area contributed by atoms with Crippen LogP contribution in [0.4, 0.5) is 13.2 Å². The first-order chi connectivity index (χ1) is 13.5. The van der Waals surface area contributed by atoms with Crippen LogP contribution in [0.5, 0.6) is 5.88 Å². The zero-order valence-electron chi connectivity index (χ0n) is 16.3. The van der Waals surface area contributed by atoms with Gasteiger partial charge in [0, 0.05) is 57.6 Å². The van der Waals surface area contributed by atoms with Crippen LogP contribution < -0.4 is 10.1 Å². The van der Waals surface area contributed by atoms with Crippen LogP contribution >= 0.6 is 24.0 Å². The van der Waals surface area contributed by atoms with Crippen molar-refractivity contribution in [3.63, 3.8) is 0 Å². The minimum atomic E-state index is -4.40. The average Bonchev–Trinajstić information content (AvgIpc) is 3.18. The normalized spacial score (nSPS) is 21.0. The summed E-state index contributed by atoms with van der Waals surface area (Å²) in [4.78, 5) is 12.9. The monoisotopic (exact) mass is 529 g/mol. The van der Waals surface area contributed by atoms with E-state index in [2.05, 4.69) is 25.1 Å². The molecule has 164 valence electrons. The van der Waals surface area contributed by atoms with E-state index in [1.807, 2.05) is 0 Å².